The summed E-state index contributed by atoms with van der Waals surface area (Å²) in [5.41, 5.74) is 0.870. The van der Waals surface area contributed by atoms with Crippen LogP contribution in [-0.4, -0.2) is 24.5 Å². The van der Waals surface area contributed by atoms with Gasteiger partial charge in [0.1, 0.15) is 0 Å². The molecule has 5 heteroatoms. The SMILES string of the molecule is CC1CCC(NC(=O)COC(=O)Cc2ccc(Br)cc2)CC1. The zero-order valence-electron chi connectivity index (χ0n) is 12.8. The molecular formula is C17H22BrNO3. The number of hydrogen-bond acceptors (Lipinski definition) is 3. The third kappa shape index (κ3) is 5.79. The fraction of sp³-hybridized carbons (Fsp3) is 0.529. The van der Waals surface area contributed by atoms with Crippen LogP contribution in [0.15, 0.2) is 28.7 Å². The second kappa shape index (κ2) is 8.32. The highest BCUT2D eigenvalue weighted by molar-refractivity contribution is 9.10. The van der Waals surface area contributed by atoms with E-state index in [1.807, 2.05) is 24.3 Å². The van der Waals surface area contributed by atoms with Crippen LogP contribution in [0, 0.1) is 5.92 Å². The van der Waals surface area contributed by atoms with Crippen LogP contribution >= 0.6 is 15.9 Å². The van der Waals surface area contributed by atoms with Crippen LogP contribution in [0.2, 0.25) is 0 Å². The van der Waals surface area contributed by atoms with Crippen LogP contribution in [-0.2, 0) is 20.7 Å². The molecule has 0 radical (unpaired) electrons. The first kappa shape index (κ1) is 17.0. The van der Waals surface area contributed by atoms with E-state index in [1.165, 1.54) is 0 Å². The van der Waals surface area contributed by atoms with Gasteiger partial charge in [0, 0.05) is 10.5 Å². The Labute approximate surface area is 139 Å². The fourth-order valence-corrected chi connectivity index (χ4v) is 2.90. The molecule has 1 aliphatic rings. The van der Waals surface area contributed by atoms with Gasteiger partial charge in [0.05, 0.1) is 6.42 Å². The molecule has 1 N–H and O–H groups in total. The van der Waals surface area contributed by atoms with E-state index in [0.717, 1.165) is 41.6 Å². The van der Waals surface area contributed by atoms with Gasteiger partial charge in [0.2, 0.25) is 0 Å². The van der Waals surface area contributed by atoms with Gasteiger partial charge in [-0.1, -0.05) is 35.0 Å². The van der Waals surface area contributed by atoms with Crippen LogP contribution in [0.5, 0.6) is 0 Å². The van der Waals surface area contributed by atoms with E-state index in [1.54, 1.807) is 0 Å². The largest absolute Gasteiger partial charge is 0.455 e. The molecule has 2 rings (SSSR count). The van der Waals surface area contributed by atoms with Crippen molar-refractivity contribution in [2.45, 2.75) is 45.1 Å². The maximum absolute atomic E-state index is 11.8. The Morgan fingerprint density at radius 3 is 2.45 bits per heavy atom. The molecule has 0 atom stereocenters. The van der Waals surface area contributed by atoms with Crippen molar-refractivity contribution < 1.29 is 14.3 Å². The lowest BCUT2D eigenvalue weighted by Crippen LogP contribution is -2.39. The number of halogens is 1. The monoisotopic (exact) mass is 367 g/mol. The van der Waals surface area contributed by atoms with Crippen LogP contribution in [0.25, 0.3) is 0 Å². The number of nitrogens with one attached hydrogen (secondary N) is 1. The number of rotatable bonds is 5. The number of hydrogen-bond donors (Lipinski definition) is 1. The molecule has 0 unspecified atom stereocenters. The summed E-state index contributed by atoms with van der Waals surface area (Å²) in [7, 11) is 0. The van der Waals surface area contributed by atoms with E-state index in [0.29, 0.717) is 0 Å². The van der Waals surface area contributed by atoms with Crippen LogP contribution in [0.3, 0.4) is 0 Å². The average Bonchev–Trinajstić information content (AvgIpc) is 2.50. The quantitative estimate of drug-likeness (QED) is 0.812. The third-order valence-corrected chi connectivity index (χ3v) is 4.54. The van der Waals surface area contributed by atoms with E-state index in [2.05, 4.69) is 28.2 Å². The van der Waals surface area contributed by atoms with Crippen molar-refractivity contribution in [3.63, 3.8) is 0 Å². The summed E-state index contributed by atoms with van der Waals surface area (Å²) in [6.45, 7) is 2.04. The first-order chi connectivity index (χ1) is 10.5. The second-order valence-electron chi connectivity index (χ2n) is 5.99. The Hall–Kier alpha value is -1.36. The van der Waals surface area contributed by atoms with Gasteiger partial charge >= 0.3 is 5.97 Å². The van der Waals surface area contributed by atoms with Crippen molar-refractivity contribution in [1.82, 2.24) is 5.32 Å². The average molecular weight is 368 g/mol. The predicted molar refractivity (Wildman–Crippen MR) is 88.4 cm³/mol. The maximum Gasteiger partial charge on any atom is 0.310 e. The third-order valence-electron chi connectivity index (χ3n) is 4.01. The molecule has 1 aromatic rings. The fourth-order valence-electron chi connectivity index (χ4n) is 2.64. The lowest BCUT2D eigenvalue weighted by molar-refractivity contribution is -0.148. The zero-order chi connectivity index (χ0) is 15.9. The molecule has 1 saturated carbocycles. The summed E-state index contributed by atoms with van der Waals surface area (Å²) in [5.74, 6) is 0.162. The summed E-state index contributed by atoms with van der Waals surface area (Å²) in [4.78, 5) is 23.5. The first-order valence-electron chi connectivity index (χ1n) is 7.72. The molecule has 1 aliphatic carbocycles. The van der Waals surface area contributed by atoms with E-state index >= 15 is 0 Å². The minimum atomic E-state index is -0.380. The zero-order valence-corrected chi connectivity index (χ0v) is 14.4. The molecule has 0 aliphatic heterocycles. The van der Waals surface area contributed by atoms with Gasteiger partial charge in [-0.05, 0) is 49.3 Å². The molecule has 1 amide bonds. The molecule has 1 aromatic carbocycles. The molecule has 0 saturated heterocycles. The first-order valence-corrected chi connectivity index (χ1v) is 8.51. The Morgan fingerprint density at radius 1 is 1.18 bits per heavy atom. The number of ether oxygens (including phenoxy) is 1. The number of amides is 1. The van der Waals surface area contributed by atoms with Gasteiger partial charge < -0.3 is 10.1 Å². The van der Waals surface area contributed by atoms with Crippen molar-refractivity contribution in [2.24, 2.45) is 5.92 Å². The normalized spacial score (nSPS) is 21.2. The van der Waals surface area contributed by atoms with E-state index in [9.17, 15) is 9.59 Å². The molecular weight excluding hydrogens is 346 g/mol. The number of carbonyl (C=O) groups is 2. The van der Waals surface area contributed by atoms with Gasteiger partial charge in [-0.15, -0.1) is 0 Å². The van der Waals surface area contributed by atoms with Crippen molar-refractivity contribution in [1.29, 1.82) is 0 Å². The van der Waals surface area contributed by atoms with Gasteiger partial charge in [-0.3, -0.25) is 9.59 Å². The second-order valence-corrected chi connectivity index (χ2v) is 6.90. The summed E-state index contributed by atoms with van der Waals surface area (Å²) in [6, 6.07) is 7.69. The molecule has 0 spiro atoms. The minimum absolute atomic E-state index is 0.182. The number of esters is 1. The summed E-state index contributed by atoms with van der Waals surface area (Å²) >= 11 is 3.34. The van der Waals surface area contributed by atoms with Crippen molar-refractivity contribution in [3.8, 4) is 0 Å². The summed E-state index contributed by atoms with van der Waals surface area (Å²) in [5, 5.41) is 2.94. The van der Waals surface area contributed by atoms with Crippen molar-refractivity contribution in [3.05, 3.63) is 34.3 Å². The Bertz CT molecular complexity index is 507. The number of carbonyl (C=O) groups excluding carboxylic acids is 2. The summed E-state index contributed by atoms with van der Waals surface area (Å²) < 4.78 is 6.00. The highest BCUT2D eigenvalue weighted by Gasteiger charge is 2.20. The molecule has 1 fully saturated rings. The topological polar surface area (TPSA) is 55.4 Å². The molecule has 0 bridgehead atoms. The van der Waals surface area contributed by atoms with E-state index in [-0.39, 0.29) is 30.9 Å². The van der Waals surface area contributed by atoms with Gasteiger partial charge in [-0.2, -0.15) is 0 Å². The lowest BCUT2D eigenvalue weighted by Gasteiger charge is -2.26. The Balaban J connectivity index is 1.67. The highest BCUT2D eigenvalue weighted by Crippen LogP contribution is 2.23. The smallest absolute Gasteiger partial charge is 0.310 e. The lowest BCUT2D eigenvalue weighted by atomic mass is 9.87. The molecule has 0 heterocycles. The molecule has 4 nitrogen and oxygen atoms in total. The van der Waals surface area contributed by atoms with Crippen molar-refractivity contribution in [2.75, 3.05) is 6.61 Å². The van der Waals surface area contributed by atoms with Crippen LogP contribution in [0.1, 0.15) is 38.2 Å². The highest BCUT2D eigenvalue weighted by atomic mass is 79.9. The van der Waals surface area contributed by atoms with E-state index in [4.69, 9.17) is 4.74 Å². The van der Waals surface area contributed by atoms with Gasteiger partial charge in [0.25, 0.3) is 5.91 Å². The Kier molecular flexibility index (Phi) is 6.43. The maximum atomic E-state index is 11.8. The summed E-state index contributed by atoms with van der Waals surface area (Å²) in [6.07, 6.45) is 4.50. The van der Waals surface area contributed by atoms with E-state index < -0.39 is 0 Å². The number of benzene rings is 1. The van der Waals surface area contributed by atoms with Gasteiger partial charge in [0.15, 0.2) is 6.61 Å². The Morgan fingerprint density at radius 2 is 1.82 bits per heavy atom. The standard InChI is InChI=1S/C17H22BrNO3/c1-12-2-8-15(9-3-12)19-16(20)11-22-17(21)10-13-4-6-14(18)7-5-13/h4-7,12,15H,2-3,8-11H2,1H3,(H,19,20). The van der Waals surface area contributed by atoms with Gasteiger partial charge in [-0.25, -0.2) is 0 Å². The van der Waals surface area contributed by atoms with Crippen LogP contribution in [0.4, 0.5) is 0 Å². The molecule has 120 valence electrons. The van der Waals surface area contributed by atoms with Crippen molar-refractivity contribution >= 4 is 27.8 Å². The predicted octanol–water partition coefficient (Wildman–Crippen LogP) is 3.23. The molecule has 22 heavy (non-hydrogen) atoms. The molecule has 0 aromatic heterocycles. The van der Waals surface area contributed by atoms with Crippen LogP contribution < -0.4 is 5.32 Å². The minimum Gasteiger partial charge on any atom is -0.455 e.